The molecule has 0 saturated heterocycles. The molecule has 1 amide bonds. The van der Waals surface area contributed by atoms with Crippen LogP contribution in [0.5, 0.6) is 5.75 Å². The van der Waals surface area contributed by atoms with Crippen molar-refractivity contribution in [3.63, 3.8) is 0 Å². The van der Waals surface area contributed by atoms with Crippen molar-refractivity contribution in [3.8, 4) is 5.75 Å². The Kier molecular flexibility index (Phi) is 5.50. The lowest BCUT2D eigenvalue weighted by molar-refractivity contribution is -0.274. The summed E-state index contributed by atoms with van der Waals surface area (Å²) in [5.41, 5.74) is -0.0840. The molecule has 7 nitrogen and oxygen atoms in total. The summed E-state index contributed by atoms with van der Waals surface area (Å²) in [4.78, 5) is 13.9. The molecule has 0 unspecified atom stereocenters. The van der Waals surface area contributed by atoms with Gasteiger partial charge in [0.1, 0.15) is 17.3 Å². The van der Waals surface area contributed by atoms with E-state index in [4.69, 9.17) is 4.42 Å². The SMILES string of the molecule is CN(C(=O)c1cc2n(n1)[C@H](C(F)(F)F)C[C@H](c1ccco1)N2)c1ccc(OC(F)(F)F)cc1. The Morgan fingerprint density at radius 2 is 1.88 bits per heavy atom. The van der Waals surface area contributed by atoms with Crippen LogP contribution >= 0.6 is 0 Å². The molecule has 3 aromatic rings. The maximum absolute atomic E-state index is 13.7. The monoisotopic (exact) mass is 474 g/mol. The summed E-state index contributed by atoms with van der Waals surface area (Å²) in [5, 5.41) is 6.76. The van der Waals surface area contributed by atoms with Gasteiger partial charge < -0.3 is 19.4 Å². The van der Waals surface area contributed by atoms with E-state index in [9.17, 15) is 31.1 Å². The number of nitrogens with zero attached hydrogens (tertiary/aromatic N) is 3. The van der Waals surface area contributed by atoms with Crippen molar-refractivity contribution in [1.29, 1.82) is 0 Å². The van der Waals surface area contributed by atoms with Crippen LogP contribution in [0.25, 0.3) is 0 Å². The second kappa shape index (κ2) is 8.05. The van der Waals surface area contributed by atoms with Gasteiger partial charge >= 0.3 is 12.5 Å². The highest BCUT2D eigenvalue weighted by molar-refractivity contribution is 6.04. The van der Waals surface area contributed by atoms with Crippen LogP contribution in [0, 0.1) is 0 Å². The minimum atomic E-state index is -4.87. The van der Waals surface area contributed by atoms with Crippen molar-refractivity contribution in [3.05, 3.63) is 60.2 Å². The molecule has 0 spiro atoms. The number of benzene rings is 1. The minimum absolute atomic E-state index is 0.0179. The number of hydrogen-bond donors (Lipinski definition) is 1. The topological polar surface area (TPSA) is 72.5 Å². The molecule has 1 N–H and O–H groups in total. The number of carbonyl (C=O) groups is 1. The highest BCUT2D eigenvalue weighted by Gasteiger charge is 2.47. The smallest absolute Gasteiger partial charge is 0.467 e. The van der Waals surface area contributed by atoms with Gasteiger partial charge in [-0.1, -0.05) is 0 Å². The molecule has 33 heavy (non-hydrogen) atoms. The lowest BCUT2D eigenvalue weighted by Gasteiger charge is -2.32. The largest absolute Gasteiger partial charge is 0.573 e. The van der Waals surface area contributed by atoms with Crippen molar-refractivity contribution in [2.45, 2.75) is 31.0 Å². The number of nitrogens with one attached hydrogen (secondary N) is 1. The molecule has 1 aliphatic rings. The van der Waals surface area contributed by atoms with Crippen LogP contribution in [-0.4, -0.2) is 35.3 Å². The Morgan fingerprint density at radius 3 is 2.45 bits per heavy atom. The van der Waals surface area contributed by atoms with Gasteiger partial charge in [-0.05, 0) is 36.4 Å². The highest BCUT2D eigenvalue weighted by Crippen LogP contribution is 2.43. The predicted molar refractivity (Wildman–Crippen MR) is 103 cm³/mol. The number of ether oxygens (including phenoxy) is 1. The number of anilines is 2. The number of carbonyl (C=O) groups excluding carboxylic acids is 1. The minimum Gasteiger partial charge on any atom is -0.467 e. The zero-order valence-electron chi connectivity index (χ0n) is 16.8. The van der Waals surface area contributed by atoms with Crippen LogP contribution in [0.3, 0.4) is 0 Å². The van der Waals surface area contributed by atoms with Crippen LogP contribution in [0.1, 0.15) is 34.8 Å². The average molecular weight is 474 g/mol. The van der Waals surface area contributed by atoms with Crippen molar-refractivity contribution in [1.82, 2.24) is 9.78 Å². The molecule has 13 heteroatoms. The molecule has 3 heterocycles. The summed E-state index contributed by atoms with van der Waals surface area (Å²) in [6, 6.07) is 5.96. The van der Waals surface area contributed by atoms with Gasteiger partial charge in [0.15, 0.2) is 11.7 Å². The fourth-order valence-corrected chi connectivity index (χ4v) is 3.51. The third kappa shape index (κ3) is 4.76. The lowest BCUT2D eigenvalue weighted by Crippen LogP contribution is -2.35. The van der Waals surface area contributed by atoms with Gasteiger partial charge in [0.25, 0.3) is 5.91 Å². The summed E-state index contributed by atoms with van der Waals surface area (Å²) in [7, 11) is 1.32. The van der Waals surface area contributed by atoms with Crippen LogP contribution in [0.15, 0.2) is 53.1 Å². The Labute approximate surface area is 182 Å². The van der Waals surface area contributed by atoms with E-state index in [1.807, 2.05) is 0 Å². The summed E-state index contributed by atoms with van der Waals surface area (Å²) in [5.74, 6) is -0.942. The Hall–Kier alpha value is -3.64. The first-order chi connectivity index (χ1) is 15.4. The zero-order chi connectivity index (χ0) is 24.0. The first kappa shape index (κ1) is 22.6. The van der Waals surface area contributed by atoms with Gasteiger partial charge in [-0.3, -0.25) is 4.79 Å². The molecule has 0 fully saturated rings. The number of fused-ring (bicyclic) bond motifs is 1. The molecule has 0 bridgehead atoms. The van der Waals surface area contributed by atoms with Crippen molar-refractivity contribution >= 4 is 17.4 Å². The van der Waals surface area contributed by atoms with E-state index in [0.717, 1.165) is 17.0 Å². The first-order valence-corrected chi connectivity index (χ1v) is 9.52. The number of rotatable bonds is 4. The molecule has 2 aromatic heterocycles. The number of alkyl halides is 6. The maximum atomic E-state index is 13.7. The summed E-state index contributed by atoms with van der Waals surface area (Å²) < 4.78 is 87.8. The predicted octanol–water partition coefficient (Wildman–Crippen LogP) is 5.31. The number of hydrogen-bond acceptors (Lipinski definition) is 5. The van der Waals surface area contributed by atoms with Crippen molar-refractivity contribution in [2.75, 3.05) is 17.3 Å². The maximum Gasteiger partial charge on any atom is 0.573 e. The molecular weight excluding hydrogens is 458 g/mol. The lowest BCUT2D eigenvalue weighted by atomic mass is 10.0. The van der Waals surface area contributed by atoms with Crippen molar-refractivity contribution in [2.24, 2.45) is 0 Å². The Morgan fingerprint density at radius 1 is 1.18 bits per heavy atom. The van der Waals surface area contributed by atoms with Crippen molar-refractivity contribution < 1.29 is 40.3 Å². The third-order valence-electron chi connectivity index (χ3n) is 5.06. The second-order valence-corrected chi connectivity index (χ2v) is 7.27. The van der Waals surface area contributed by atoms with Crippen LogP contribution in [0.2, 0.25) is 0 Å². The number of halogens is 6. The number of furan rings is 1. The van der Waals surface area contributed by atoms with Gasteiger partial charge in [-0.2, -0.15) is 18.3 Å². The molecule has 1 aromatic carbocycles. The third-order valence-corrected chi connectivity index (χ3v) is 5.06. The van der Waals surface area contributed by atoms with Crippen LogP contribution in [-0.2, 0) is 0 Å². The number of aromatic nitrogens is 2. The zero-order valence-corrected chi connectivity index (χ0v) is 16.8. The molecule has 0 saturated carbocycles. The second-order valence-electron chi connectivity index (χ2n) is 7.27. The van der Waals surface area contributed by atoms with Crippen LogP contribution < -0.4 is 15.0 Å². The fourth-order valence-electron chi connectivity index (χ4n) is 3.51. The van der Waals surface area contributed by atoms with Gasteiger partial charge in [0.2, 0.25) is 0 Å². The Bertz CT molecular complexity index is 1120. The molecule has 176 valence electrons. The van der Waals surface area contributed by atoms with E-state index in [1.165, 1.54) is 31.5 Å². The summed E-state index contributed by atoms with van der Waals surface area (Å²) in [6.07, 6.45) is -8.54. The van der Waals surface area contributed by atoms with Gasteiger partial charge in [-0.15, -0.1) is 13.2 Å². The number of amides is 1. The van der Waals surface area contributed by atoms with Crippen LogP contribution in [0.4, 0.5) is 37.8 Å². The quantitative estimate of drug-likeness (QED) is 0.519. The molecular formula is C20H16F6N4O3. The normalized spacial score (nSPS) is 18.4. The van der Waals surface area contributed by atoms with E-state index < -0.39 is 42.7 Å². The van der Waals surface area contributed by atoms with Gasteiger partial charge in [0, 0.05) is 25.2 Å². The standard InChI is InChI=1S/C20H16F6N4O3/c1-29(11-4-6-12(7-5-11)33-20(24,25)26)18(31)14-10-17-27-13(15-3-2-8-32-15)9-16(19(21,22)23)30(17)28-14/h2-8,10,13,16,27H,9H2,1H3/t13-,16+/m1/s1. The highest BCUT2D eigenvalue weighted by atomic mass is 19.4. The summed E-state index contributed by atoms with van der Waals surface area (Å²) >= 11 is 0. The molecule has 0 aliphatic carbocycles. The molecule has 2 atom stereocenters. The van der Waals surface area contributed by atoms with E-state index >= 15 is 0 Å². The van der Waals surface area contributed by atoms with Gasteiger partial charge in [0.05, 0.1) is 12.3 Å². The van der Waals surface area contributed by atoms with Gasteiger partial charge in [-0.25, -0.2) is 4.68 Å². The van der Waals surface area contributed by atoms with E-state index in [2.05, 4.69) is 15.2 Å². The van der Waals surface area contributed by atoms with E-state index in [0.29, 0.717) is 10.4 Å². The summed E-state index contributed by atoms with van der Waals surface area (Å²) in [6.45, 7) is 0. The average Bonchev–Trinajstić information content (AvgIpc) is 3.40. The first-order valence-electron chi connectivity index (χ1n) is 9.52. The van der Waals surface area contributed by atoms with E-state index in [1.54, 1.807) is 12.1 Å². The molecule has 4 rings (SSSR count). The fraction of sp³-hybridized carbons (Fsp3) is 0.300. The van der Waals surface area contributed by atoms with E-state index in [-0.39, 0.29) is 17.2 Å². The molecule has 1 aliphatic heterocycles. The Balaban J connectivity index is 1.58. The molecule has 0 radical (unpaired) electrons.